The van der Waals surface area contributed by atoms with Gasteiger partial charge in [0.05, 0.1) is 19.6 Å². The summed E-state index contributed by atoms with van der Waals surface area (Å²) in [4.78, 5) is 35.3. The molecule has 8 nitrogen and oxygen atoms in total. The Morgan fingerprint density at radius 3 is 2.68 bits per heavy atom. The summed E-state index contributed by atoms with van der Waals surface area (Å²) in [6.07, 6.45) is 1.28. The van der Waals surface area contributed by atoms with Crippen LogP contribution in [0.2, 0.25) is 0 Å². The van der Waals surface area contributed by atoms with Gasteiger partial charge in [0.2, 0.25) is 0 Å². The summed E-state index contributed by atoms with van der Waals surface area (Å²) in [6, 6.07) is -1.94. The molecule has 0 aliphatic carbocycles. The normalized spacial score (nSPS) is 20.5. The highest BCUT2D eigenvalue weighted by atomic mass is 16.5. The van der Waals surface area contributed by atoms with Gasteiger partial charge in [0, 0.05) is 13.1 Å². The molecule has 1 saturated heterocycles. The van der Waals surface area contributed by atoms with Gasteiger partial charge in [0.25, 0.3) is 0 Å². The Kier molecular flexibility index (Phi) is 5.56. The van der Waals surface area contributed by atoms with Gasteiger partial charge < -0.3 is 25.2 Å². The van der Waals surface area contributed by atoms with Crippen LogP contribution in [-0.2, 0) is 14.3 Å². The Bertz CT molecular complexity index is 359. The highest BCUT2D eigenvalue weighted by Crippen LogP contribution is 2.17. The van der Waals surface area contributed by atoms with Gasteiger partial charge in [-0.1, -0.05) is 0 Å². The number of piperidine rings is 1. The van der Waals surface area contributed by atoms with Crippen molar-refractivity contribution in [3.63, 3.8) is 0 Å². The van der Waals surface area contributed by atoms with E-state index in [0.29, 0.717) is 19.4 Å². The molecule has 1 heterocycles. The van der Waals surface area contributed by atoms with E-state index in [9.17, 15) is 14.4 Å². The summed E-state index contributed by atoms with van der Waals surface area (Å²) in [5, 5.41) is 19.8. The lowest BCUT2D eigenvalue weighted by molar-refractivity contribution is -0.147. The Labute approximate surface area is 110 Å². The molecule has 8 heteroatoms. The Morgan fingerprint density at radius 1 is 1.47 bits per heavy atom. The molecule has 0 spiro atoms. The van der Waals surface area contributed by atoms with E-state index < -0.39 is 24.6 Å². The van der Waals surface area contributed by atoms with E-state index in [1.807, 2.05) is 0 Å². The molecule has 0 radical (unpaired) electrons. The van der Waals surface area contributed by atoms with Crippen LogP contribution < -0.4 is 5.32 Å². The number of carboxylic acids is 1. The van der Waals surface area contributed by atoms with Crippen LogP contribution in [0.5, 0.6) is 0 Å². The number of likely N-dealkylation sites (tertiary alicyclic amines) is 1. The summed E-state index contributed by atoms with van der Waals surface area (Å²) >= 11 is 0. The maximum atomic E-state index is 11.8. The van der Waals surface area contributed by atoms with Gasteiger partial charge in [-0.25, -0.2) is 9.59 Å². The van der Waals surface area contributed by atoms with Crippen LogP contribution in [0.1, 0.15) is 12.8 Å². The number of hydrogen-bond acceptors (Lipinski definition) is 5. The molecule has 2 atom stereocenters. The number of nitrogens with one attached hydrogen (secondary N) is 1. The number of aliphatic hydroxyl groups excluding tert-OH is 1. The third kappa shape index (κ3) is 4.09. The number of carboxylic acid groups (broad SMARTS) is 1. The highest BCUT2D eigenvalue weighted by Gasteiger charge is 2.30. The first-order valence-corrected chi connectivity index (χ1v) is 5.96. The summed E-state index contributed by atoms with van der Waals surface area (Å²) in [5.41, 5.74) is 0. The number of hydrogen-bond donors (Lipinski definition) is 3. The third-order valence-electron chi connectivity index (χ3n) is 3.02. The van der Waals surface area contributed by atoms with Gasteiger partial charge in [0.15, 0.2) is 6.04 Å². The quantitative estimate of drug-likeness (QED) is 0.568. The molecule has 3 N–H and O–H groups in total. The number of nitrogens with zero attached hydrogens (tertiary/aromatic N) is 1. The average molecular weight is 274 g/mol. The number of amides is 2. The van der Waals surface area contributed by atoms with Crippen molar-refractivity contribution in [1.29, 1.82) is 0 Å². The van der Waals surface area contributed by atoms with Gasteiger partial charge in [-0.15, -0.1) is 0 Å². The minimum absolute atomic E-state index is 0.191. The van der Waals surface area contributed by atoms with Gasteiger partial charge in [-0.05, 0) is 12.8 Å². The Balaban J connectivity index is 2.57. The fraction of sp³-hybridized carbons (Fsp3) is 0.727. The minimum atomic E-state index is -1.34. The maximum Gasteiger partial charge on any atom is 0.328 e. The van der Waals surface area contributed by atoms with Crippen molar-refractivity contribution in [1.82, 2.24) is 10.2 Å². The number of ether oxygens (including phenoxy) is 1. The predicted molar refractivity (Wildman–Crippen MR) is 63.4 cm³/mol. The molecular formula is C11H18N2O6. The molecule has 1 unspecified atom stereocenters. The summed E-state index contributed by atoms with van der Waals surface area (Å²) in [7, 11) is 1.29. The van der Waals surface area contributed by atoms with Crippen LogP contribution in [0.3, 0.4) is 0 Å². The zero-order valence-electron chi connectivity index (χ0n) is 10.7. The number of esters is 1. The SMILES string of the molecule is COC(=O)C1CCCN(C(=O)N[C@@H](CO)C(=O)O)C1. The smallest absolute Gasteiger partial charge is 0.328 e. The molecule has 0 aromatic heterocycles. The Hall–Kier alpha value is -1.83. The fourth-order valence-electron chi connectivity index (χ4n) is 1.95. The summed E-state index contributed by atoms with van der Waals surface area (Å²) in [5.74, 6) is -2.08. The van der Waals surface area contributed by atoms with Crippen molar-refractivity contribution < 1.29 is 29.3 Å². The van der Waals surface area contributed by atoms with Crippen molar-refractivity contribution in [2.45, 2.75) is 18.9 Å². The van der Waals surface area contributed by atoms with E-state index in [1.54, 1.807) is 0 Å². The zero-order chi connectivity index (χ0) is 14.4. The first-order valence-electron chi connectivity index (χ1n) is 5.96. The van der Waals surface area contributed by atoms with E-state index in [-0.39, 0.29) is 18.4 Å². The number of carbonyl (C=O) groups is 3. The number of methoxy groups -OCH3 is 1. The second-order valence-corrected chi connectivity index (χ2v) is 4.33. The van der Waals surface area contributed by atoms with Crippen molar-refractivity contribution >= 4 is 18.0 Å². The molecular weight excluding hydrogens is 256 g/mol. The number of urea groups is 1. The van der Waals surface area contributed by atoms with Crippen LogP contribution in [0, 0.1) is 5.92 Å². The lowest BCUT2D eigenvalue weighted by Gasteiger charge is -2.32. The molecule has 19 heavy (non-hydrogen) atoms. The maximum absolute atomic E-state index is 11.8. The molecule has 1 aliphatic rings. The molecule has 1 rings (SSSR count). The van der Waals surface area contributed by atoms with Crippen molar-refractivity contribution in [3.8, 4) is 0 Å². The van der Waals surface area contributed by atoms with Crippen molar-refractivity contribution in [2.24, 2.45) is 5.92 Å². The highest BCUT2D eigenvalue weighted by molar-refractivity contribution is 5.83. The molecule has 2 amide bonds. The number of rotatable bonds is 4. The van der Waals surface area contributed by atoms with Crippen LogP contribution in [0.25, 0.3) is 0 Å². The molecule has 0 bridgehead atoms. The van der Waals surface area contributed by atoms with E-state index in [0.717, 1.165) is 0 Å². The molecule has 1 fully saturated rings. The fourth-order valence-corrected chi connectivity index (χ4v) is 1.95. The third-order valence-corrected chi connectivity index (χ3v) is 3.02. The first kappa shape index (κ1) is 15.2. The number of carbonyl (C=O) groups excluding carboxylic acids is 2. The van der Waals surface area contributed by atoms with Gasteiger partial charge in [-0.2, -0.15) is 0 Å². The van der Waals surface area contributed by atoms with E-state index in [1.165, 1.54) is 12.0 Å². The van der Waals surface area contributed by atoms with Crippen molar-refractivity contribution in [3.05, 3.63) is 0 Å². The molecule has 108 valence electrons. The second-order valence-electron chi connectivity index (χ2n) is 4.33. The second kappa shape index (κ2) is 6.93. The molecule has 0 aromatic carbocycles. The van der Waals surface area contributed by atoms with Crippen LogP contribution in [-0.4, -0.2) is 65.9 Å². The van der Waals surface area contributed by atoms with Gasteiger partial charge >= 0.3 is 18.0 Å². The standard InChI is InChI=1S/C11H18N2O6/c1-19-10(17)7-3-2-4-13(5-7)11(18)12-8(6-14)9(15)16/h7-8,14H,2-6H2,1H3,(H,12,18)(H,15,16)/t7?,8-/m0/s1. The van der Waals surface area contributed by atoms with E-state index in [4.69, 9.17) is 10.2 Å². The van der Waals surface area contributed by atoms with Crippen LogP contribution in [0.15, 0.2) is 0 Å². The van der Waals surface area contributed by atoms with Crippen molar-refractivity contribution in [2.75, 3.05) is 26.8 Å². The van der Waals surface area contributed by atoms with Crippen LogP contribution in [0.4, 0.5) is 4.79 Å². The van der Waals surface area contributed by atoms with Crippen LogP contribution >= 0.6 is 0 Å². The lowest BCUT2D eigenvalue weighted by Crippen LogP contribution is -2.52. The number of aliphatic carboxylic acids is 1. The molecule has 0 saturated carbocycles. The lowest BCUT2D eigenvalue weighted by atomic mass is 9.98. The minimum Gasteiger partial charge on any atom is -0.480 e. The van der Waals surface area contributed by atoms with Gasteiger partial charge in [0.1, 0.15) is 0 Å². The zero-order valence-corrected chi connectivity index (χ0v) is 10.7. The average Bonchev–Trinajstić information content (AvgIpc) is 2.43. The topological polar surface area (TPSA) is 116 Å². The molecule has 0 aromatic rings. The predicted octanol–water partition coefficient (Wildman–Crippen LogP) is -0.973. The van der Waals surface area contributed by atoms with Gasteiger partial charge in [-0.3, -0.25) is 4.79 Å². The first-order chi connectivity index (χ1) is 8.99. The van der Waals surface area contributed by atoms with E-state index in [2.05, 4.69) is 10.1 Å². The Morgan fingerprint density at radius 2 is 2.16 bits per heavy atom. The monoisotopic (exact) mass is 274 g/mol. The summed E-state index contributed by atoms with van der Waals surface area (Å²) in [6.45, 7) is -0.0529. The summed E-state index contributed by atoms with van der Waals surface area (Å²) < 4.78 is 4.63. The van der Waals surface area contributed by atoms with E-state index >= 15 is 0 Å². The number of aliphatic hydroxyl groups is 1. The largest absolute Gasteiger partial charge is 0.480 e. The molecule has 1 aliphatic heterocycles.